The first-order chi connectivity index (χ1) is 5.83. The summed E-state index contributed by atoms with van der Waals surface area (Å²) in [6.45, 7) is 8.24. The van der Waals surface area contributed by atoms with Gasteiger partial charge in [0.2, 0.25) is 12.2 Å². The number of aliphatic imine (C=N–C) groups is 2. The smallest absolute Gasteiger partial charge is 0.239 e. The molecule has 0 aromatic carbocycles. The molecule has 0 saturated heterocycles. The van der Waals surface area contributed by atoms with E-state index in [1.807, 2.05) is 6.79 Å². The van der Waals surface area contributed by atoms with Gasteiger partial charge in [0, 0.05) is 12.4 Å². The fraction of sp³-hybridized carbons (Fsp3) is 0. The van der Waals surface area contributed by atoms with Crippen LogP contribution in [0.3, 0.4) is 0 Å². The van der Waals surface area contributed by atoms with Gasteiger partial charge in [0.1, 0.15) is 6.79 Å². The van der Waals surface area contributed by atoms with Crippen molar-refractivity contribution < 1.29 is 14.4 Å². The van der Waals surface area contributed by atoms with Crippen molar-refractivity contribution in [1.29, 1.82) is 0 Å². The van der Waals surface area contributed by atoms with Crippen LogP contribution in [-0.2, 0) is 14.4 Å². The van der Waals surface area contributed by atoms with Crippen LogP contribution in [0, 0.1) is 0 Å². The highest BCUT2D eigenvalue weighted by atomic mass is 16.1. The van der Waals surface area contributed by atoms with Gasteiger partial charge in [-0.05, 0) is 0 Å². The number of hydrogen-bond acceptors (Lipinski definition) is 5. The molecule has 0 saturated carbocycles. The average Bonchev–Trinajstić information content (AvgIpc) is 2.12. The Kier molecular flexibility index (Phi) is 50.1. The maximum atomic E-state index is 9.04. The summed E-state index contributed by atoms with van der Waals surface area (Å²) in [5, 5.41) is 0. The minimum atomic E-state index is 1.13. The number of isocyanates is 2. The molecular weight excluding hydrogens is 160 g/mol. The molecule has 0 unspecified atom stereocenters. The summed E-state index contributed by atoms with van der Waals surface area (Å²) in [5.41, 5.74) is 0. The van der Waals surface area contributed by atoms with E-state index < -0.39 is 0 Å². The van der Waals surface area contributed by atoms with Gasteiger partial charge in [-0.3, -0.25) is 0 Å². The van der Waals surface area contributed by atoms with E-state index in [0.717, 1.165) is 12.4 Å². The van der Waals surface area contributed by atoms with Gasteiger partial charge >= 0.3 is 0 Å². The normalized spacial score (nSPS) is 4.33. The highest BCUT2D eigenvalue weighted by Gasteiger charge is 1.40. The van der Waals surface area contributed by atoms with Crippen LogP contribution in [0.5, 0.6) is 0 Å². The van der Waals surface area contributed by atoms with E-state index in [0.29, 0.717) is 0 Å². The number of hydrogen-bond donors (Lipinski definition) is 0. The van der Waals surface area contributed by atoms with Crippen LogP contribution in [0.1, 0.15) is 0 Å². The van der Waals surface area contributed by atoms with Gasteiger partial charge < -0.3 is 4.79 Å². The zero-order valence-corrected chi connectivity index (χ0v) is 6.40. The number of carbonyl (C=O) groups is 1. The predicted molar refractivity (Wildman–Crippen MR) is 43.8 cm³/mol. The van der Waals surface area contributed by atoms with Crippen LogP contribution >= 0.6 is 0 Å². The van der Waals surface area contributed by atoms with E-state index in [-0.39, 0.29) is 0 Å². The quantitative estimate of drug-likeness (QED) is 0.450. The summed E-state index contributed by atoms with van der Waals surface area (Å²) in [4.78, 5) is 31.9. The van der Waals surface area contributed by atoms with Gasteiger partial charge in [0.25, 0.3) is 0 Å². The monoisotopic (exact) mass is 168 g/mol. The Balaban J connectivity index is -0.000000112. The van der Waals surface area contributed by atoms with E-state index in [2.05, 4.69) is 23.1 Å². The van der Waals surface area contributed by atoms with E-state index in [1.165, 1.54) is 12.2 Å². The molecule has 0 rings (SSSR count). The summed E-state index contributed by atoms with van der Waals surface area (Å²) < 4.78 is 0. The lowest BCUT2D eigenvalue weighted by Gasteiger charge is -1.45. The molecule has 5 heteroatoms. The van der Waals surface area contributed by atoms with Crippen molar-refractivity contribution >= 4 is 18.9 Å². The molecule has 0 N–H and O–H groups in total. The van der Waals surface area contributed by atoms with Crippen LogP contribution in [-0.4, -0.2) is 18.9 Å². The largest absolute Gasteiger partial charge is 0.307 e. The van der Waals surface area contributed by atoms with E-state index >= 15 is 0 Å². The molecule has 0 aromatic rings. The lowest BCUT2D eigenvalue weighted by Crippen LogP contribution is -1.37. The lowest BCUT2D eigenvalue weighted by molar-refractivity contribution is -0.0979. The minimum Gasteiger partial charge on any atom is -0.307 e. The van der Waals surface area contributed by atoms with Crippen LogP contribution < -0.4 is 0 Å². The SMILES string of the molecule is C=CN=C=O.C=CN=C=O.C=O. The van der Waals surface area contributed by atoms with Gasteiger partial charge in [0.05, 0.1) is 0 Å². The molecule has 12 heavy (non-hydrogen) atoms. The molecule has 0 spiro atoms. The van der Waals surface area contributed by atoms with Crippen LogP contribution in [0.2, 0.25) is 0 Å². The average molecular weight is 168 g/mol. The lowest BCUT2D eigenvalue weighted by atomic mass is 11.1. The highest BCUT2D eigenvalue weighted by Crippen LogP contribution is 1.53. The Hall–Kier alpha value is -2.09. The summed E-state index contributed by atoms with van der Waals surface area (Å²) in [6.07, 6.45) is 4.81. The number of rotatable bonds is 2. The van der Waals surface area contributed by atoms with Crippen LogP contribution in [0.25, 0.3) is 0 Å². The molecular formula is C7H8N2O3. The maximum Gasteiger partial charge on any atom is 0.239 e. The molecule has 0 aliphatic carbocycles. The van der Waals surface area contributed by atoms with Crippen molar-refractivity contribution in [2.45, 2.75) is 0 Å². The summed E-state index contributed by atoms with van der Waals surface area (Å²) in [5.74, 6) is 0. The maximum absolute atomic E-state index is 9.04. The molecule has 0 aliphatic rings. The Morgan fingerprint density at radius 3 is 1.17 bits per heavy atom. The fourth-order valence-electron chi connectivity index (χ4n) is 0.0745. The van der Waals surface area contributed by atoms with Gasteiger partial charge in [-0.15, -0.1) is 0 Å². The molecule has 5 nitrogen and oxygen atoms in total. The van der Waals surface area contributed by atoms with Crippen molar-refractivity contribution in [3.05, 3.63) is 25.6 Å². The first kappa shape index (κ1) is 16.5. The molecule has 0 heterocycles. The third-order valence-electron chi connectivity index (χ3n) is 0.288. The van der Waals surface area contributed by atoms with E-state index in [9.17, 15) is 0 Å². The van der Waals surface area contributed by atoms with Crippen molar-refractivity contribution in [3.8, 4) is 0 Å². The second-order valence-electron chi connectivity index (χ2n) is 0.806. The molecule has 0 aliphatic heterocycles. The van der Waals surface area contributed by atoms with Crippen molar-refractivity contribution in [2.24, 2.45) is 9.98 Å². The van der Waals surface area contributed by atoms with Crippen molar-refractivity contribution in [1.82, 2.24) is 0 Å². The van der Waals surface area contributed by atoms with E-state index in [1.54, 1.807) is 0 Å². The Labute approximate surface area is 69.8 Å². The molecule has 0 amide bonds. The number of nitrogens with zero attached hydrogens (tertiary/aromatic N) is 2. The Morgan fingerprint density at radius 1 is 0.917 bits per heavy atom. The standard InChI is InChI=1S/2C3H3NO.CH2O/c2*1-2-4-3-5;1-2/h2*2H,1H2;1H2. The number of carbonyl (C=O) groups excluding carboxylic acids is 3. The molecule has 0 atom stereocenters. The summed E-state index contributed by atoms with van der Waals surface area (Å²) in [6, 6.07) is 0. The predicted octanol–water partition coefficient (Wildman–Crippen LogP) is 0.746. The third-order valence-corrected chi connectivity index (χ3v) is 0.288. The zero-order chi connectivity index (χ0) is 10.2. The third kappa shape index (κ3) is 104. The Morgan fingerprint density at radius 2 is 1.17 bits per heavy atom. The van der Waals surface area contributed by atoms with Crippen LogP contribution in [0.15, 0.2) is 35.5 Å². The second kappa shape index (κ2) is 36.5. The molecule has 0 fully saturated rings. The summed E-state index contributed by atoms with van der Waals surface area (Å²) in [7, 11) is 0. The molecule has 0 aromatic heterocycles. The molecule has 64 valence electrons. The summed E-state index contributed by atoms with van der Waals surface area (Å²) >= 11 is 0. The van der Waals surface area contributed by atoms with Gasteiger partial charge in [0.15, 0.2) is 0 Å². The first-order valence-electron chi connectivity index (χ1n) is 2.48. The second-order valence-corrected chi connectivity index (χ2v) is 0.806. The van der Waals surface area contributed by atoms with Gasteiger partial charge in [-0.2, -0.15) is 9.98 Å². The van der Waals surface area contributed by atoms with Crippen LogP contribution in [0.4, 0.5) is 0 Å². The first-order valence-corrected chi connectivity index (χ1v) is 2.48. The molecule has 0 radical (unpaired) electrons. The van der Waals surface area contributed by atoms with E-state index in [4.69, 9.17) is 14.4 Å². The topological polar surface area (TPSA) is 75.9 Å². The highest BCUT2D eigenvalue weighted by molar-refractivity contribution is 5.34. The Bertz CT molecular complexity index is 179. The fourth-order valence-corrected chi connectivity index (χ4v) is 0.0745. The van der Waals surface area contributed by atoms with Gasteiger partial charge in [-0.25, -0.2) is 9.59 Å². The zero-order valence-electron chi connectivity index (χ0n) is 6.40. The van der Waals surface area contributed by atoms with Gasteiger partial charge in [-0.1, -0.05) is 13.2 Å². The van der Waals surface area contributed by atoms with Crippen molar-refractivity contribution in [2.75, 3.05) is 0 Å². The molecule has 0 bridgehead atoms. The van der Waals surface area contributed by atoms with Crippen molar-refractivity contribution in [3.63, 3.8) is 0 Å². The minimum absolute atomic E-state index is 1.13.